The Balaban J connectivity index is 1.53. The van der Waals surface area contributed by atoms with E-state index in [9.17, 15) is 4.55 Å². The third kappa shape index (κ3) is 5.05. The zero-order valence-electron chi connectivity index (χ0n) is 17.9. The summed E-state index contributed by atoms with van der Waals surface area (Å²) in [6.07, 6.45) is 3.33. The first-order chi connectivity index (χ1) is 15.5. The normalized spacial score (nSPS) is 12.3. The molecule has 0 saturated carbocycles. The highest BCUT2D eigenvalue weighted by molar-refractivity contribution is 7.92. The van der Waals surface area contributed by atoms with Crippen LogP contribution in [0.4, 0.5) is 0 Å². The van der Waals surface area contributed by atoms with E-state index in [1.165, 1.54) is 0 Å². The molecule has 7 nitrogen and oxygen atoms in total. The van der Waals surface area contributed by atoms with Gasteiger partial charge in [0.15, 0.2) is 10.7 Å². The fraction of sp³-hybridized carbons (Fsp3) is 0.208. The van der Waals surface area contributed by atoms with Crippen molar-refractivity contribution in [1.82, 2.24) is 20.4 Å². The van der Waals surface area contributed by atoms with Gasteiger partial charge >= 0.3 is 0 Å². The summed E-state index contributed by atoms with van der Waals surface area (Å²) in [7, 11) is 0. The van der Waals surface area contributed by atoms with Gasteiger partial charge in [-0.25, -0.2) is 4.98 Å². The van der Waals surface area contributed by atoms with Crippen LogP contribution in [-0.4, -0.2) is 36.8 Å². The molecular formula is C24H24N4O3S. The van der Waals surface area contributed by atoms with Gasteiger partial charge in [0.25, 0.3) is 0 Å². The van der Waals surface area contributed by atoms with Crippen LogP contribution >= 0.6 is 0 Å². The highest BCUT2D eigenvalue weighted by Gasteiger charge is 2.16. The molecular weight excluding hydrogens is 424 g/mol. The van der Waals surface area contributed by atoms with Crippen LogP contribution in [0.25, 0.3) is 34.0 Å². The van der Waals surface area contributed by atoms with E-state index in [0.29, 0.717) is 29.4 Å². The Hall–Kier alpha value is -3.04. The molecule has 2 aromatic carbocycles. The van der Waals surface area contributed by atoms with Gasteiger partial charge in [-0.1, -0.05) is 29.4 Å². The molecule has 0 aliphatic carbocycles. The Kier molecular flexibility index (Phi) is 6.96. The van der Waals surface area contributed by atoms with Crippen LogP contribution in [0.5, 0.6) is 0 Å². The van der Waals surface area contributed by atoms with Crippen molar-refractivity contribution >= 4 is 11.2 Å². The van der Waals surface area contributed by atoms with Gasteiger partial charge < -0.3 is 14.2 Å². The number of aromatic nitrogens is 3. The van der Waals surface area contributed by atoms with E-state index in [2.05, 4.69) is 20.4 Å². The van der Waals surface area contributed by atoms with E-state index >= 15 is 0 Å². The van der Waals surface area contributed by atoms with Gasteiger partial charge in [0.05, 0.1) is 24.8 Å². The summed E-state index contributed by atoms with van der Waals surface area (Å²) in [5.41, 5.74) is 4.85. The second kappa shape index (κ2) is 10.1. The summed E-state index contributed by atoms with van der Waals surface area (Å²) < 4.78 is 17.8. The van der Waals surface area contributed by atoms with Crippen LogP contribution in [-0.2, 0) is 17.7 Å². The zero-order valence-corrected chi connectivity index (χ0v) is 18.7. The van der Waals surface area contributed by atoms with Gasteiger partial charge in [-0.2, -0.15) is 0 Å². The van der Waals surface area contributed by atoms with E-state index < -0.39 is 11.2 Å². The summed E-state index contributed by atoms with van der Waals surface area (Å²) >= 11 is -1.03. The van der Waals surface area contributed by atoms with Crippen molar-refractivity contribution in [1.29, 1.82) is 0 Å². The lowest BCUT2D eigenvalue weighted by Gasteiger charge is -2.14. The Morgan fingerprint density at radius 1 is 0.969 bits per heavy atom. The Morgan fingerprint density at radius 3 is 2.31 bits per heavy atom. The van der Waals surface area contributed by atoms with Crippen molar-refractivity contribution in [2.24, 2.45) is 0 Å². The lowest BCUT2D eigenvalue weighted by atomic mass is 10.1. The fourth-order valence-electron chi connectivity index (χ4n) is 3.18. The highest BCUT2D eigenvalue weighted by atomic mass is 32.2. The number of hydrogen-bond acceptors (Lipinski definition) is 7. The summed E-state index contributed by atoms with van der Waals surface area (Å²) in [4.78, 5) is 9.78. The van der Waals surface area contributed by atoms with Gasteiger partial charge in [0.2, 0.25) is 0 Å². The predicted octanol–water partition coefficient (Wildman–Crippen LogP) is 4.02. The molecule has 8 heteroatoms. The van der Waals surface area contributed by atoms with Crippen LogP contribution in [0, 0.1) is 0 Å². The molecule has 1 unspecified atom stereocenters. The molecule has 2 heterocycles. The monoisotopic (exact) mass is 448 g/mol. The van der Waals surface area contributed by atoms with E-state index in [1.54, 1.807) is 12.4 Å². The molecule has 0 bridgehead atoms. The molecule has 0 fully saturated rings. The molecule has 0 spiro atoms. The van der Waals surface area contributed by atoms with E-state index in [-0.39, 0.29) is 12.0 Å². The van der Waals surface area contributed by atoms with E-state index in [4.69, 9.17) is 9.63 Å². The minimum absolute atomic E-state index is 0.0594. The first-order valence-corrected chi connectivity index (χ1v) is 11.5. The quantitative estimate of drug-likeness (QED) is 0.310. The lowest BCUT2D eigenvalue weighted by Crippen LogP contribution is -2.13. The molecule has 2 N–H and O–H groups in total. The first kappa shape index (κ1) is 22.2. The molecule has 164 valence electrons. The maximum Gasteiger partial charge on any atom is 0.187 e. The molecule has 4 aromatic rings. The smallest absolute Gasteiger partial charge is 0.187 e. The topological polar surface area (TPSA) is 107 Å². The third-order valence-electron chi connectivity index (χ3n) is 4.90. The molecule has 0 radical (unpaired) electrons. The van der Waals surface area contributed by atoms with Crippen molar-refractivity contribution in [3.05, 3.63) is 72.6 Å². The number of nitrogens with zero attached hydrogens (tertiary/aromatic N) is 3. The summed E-state index contributed by atoms with van der Waals surface area (Å²) in [6.45, 7) is 4.41. The molecule has 0 amide bonds. The lowest BCUT2D eigenvalue weighted by molar-refractivity contribution is 0.259. The van der Waals surface area contributed by atoms with Crippen LogP contribution in [0.3, 0.4) is 0 Å². The van der Waals surface area contributed by atoms with Gasteiger partial charge in [0, 0.05) is 23.7 Å². The number of aliphatic hydroxyl groups is 1. The number of benzene rings is 2. The van der Waals surface area contributed by atoms with Gasteiger partial charge in [-0.15, -0.1) is 0 Å². The zero-order chi connectivity index (χ0) is 22.5. The largest absolute Gasteiger partial charge is 0.611 e. The Labute approximate surface area is 189 Å². The maximum absolute atomic E-state index is 12.3. The highest BCUT2D eigenvalue weighted by Crippen LogP contribution is 2.27. The van der Waals surface area contributed by atoms with Crippen LogP contribution < -0.4 is 5.32 Å². The van der Waals surface area contributed by atoms with Crippen molar-refractivity contribution in [3.63, 3.8) is 0 Å². The predicted molar refractivity (Wildman–Crippen MR) is 124 cm³/mol. The number of hydrogen-bond donors (Lipinski definition) is 2. The van der Waals surface area contributed by atoms with Crippen molar-refractivity contribution in [3.8, 4) is 34.0 Å². The Morgan fingerprint density at radius 2 is 1.62 bits per heavy atom. The standard InChI is InChI=1S/C24H24N4O3S/c1-16(2)32(30)20-9-7-19(8-10-20)22-13-25-14-23(27-22)24-11-21(28-31-24)18-5-3-17(4-6-18)12-26-15-29/h3-11,13-14,16,26,29H,12,15H2,1-2H3. The molecule has 2 aromatic heterocycles. The molecule has 0 saturated heterocycles. The third-order valence-corrected chi connectivity index (χ3v) is 6.49. The van der Waals surface area contributed by atoms with Gasteiger partial charge in [-0.05, 0) is 54.9 Å². The Bertz CT molecular complexity index is 1160. The minimum Gasteiger partial charge on any atom is -0.611 e. The summed E-state index contributed by atoms with van der Waals surface area (Å²) in [5.74, 6) is 0.526. The van der Waals surface area contributed by atoms with E-state index in [1.807, 2.05) is 68.4 Å². The average Bonchev–Trinajstić information content (AvgIpc) is 3.33. The van der Waals surface area contributed by atoms with Crippen LogP contribution in [0.15, 0.2) is 76.4 Å². The molecule has 32 heavy (non-hydrogen) atoms. The van der Waals surface area contributed by atoms with Gasteiger partial charge in [-0.3, -0.25) is 10.3 Å². The number of aliphatic hydroxyl groups excluding tert-OH is 1. The second-order valence-electron chi connectivity index (χ2n) is 7.52. The van der Waals surface area contributed by atoms with Crippen molar-refractivity contribution in [2.45, 2.75) is 30.5 Å². The average molecular weight is 449 g/mol. The number of nitrogens with one attached hydrogen (secondary N) is 1. The van der Waals surface area contributed by atoms with Gasteiger partial charge in [0.1, 0.15) is 16.6 Å². The fourth-order valence-corrected chi connectivity index (χ4v) is 4.13. The molecule has 0 aliphatic heterocycles. The SMILES string of the molecule is CC(C)[S+]([O-])c1ccc(-c2cncc(-c3cc(-c4ccc(CNCO)cc4)no3)n2)cc1. The van der Waals surface area contributed by atoms with E-state index in [0.717, 1.165) is 21.6 Å². The molecule has 1 atom stereocenters. The minimum atomic E-state index is -1.03. The number of rotatable bonds is 8. The first-order valence-electron chi connectivity index (χ1n) is 10.3. The molecule has 4 rings (SSSR count). The van der Waals surface area contributed by atoms with Crippen molar-refractivity contribution in [2.75, 3.05) is 6.73 Å². The van der Waals surface area contributed by atoms with Crippen LogP contribution in [0.1, 0.15) is 19.4 Å². The maximum atomic E-state index is 12.3. The van der Waals surface area contributed by atoms with Crippen molar-refractivity contribution < 1.29 is 14.2 Å². The van der Waals surface area contributed by atoms with Crippen LogP contribution in [0.2, 0.25) is 0 Å². The summed E-state index contributed by atoms with van der Waals surface area (Å²) in [5, 5.41) is 16.0. The summed E-state index contributed by atoms with van der Waals surface area (Å²) in [6, 6.07) is 17.2. The molecule has 0 aliphatic rings. The second-order valence-corrected chi connectivity index (χ2v) is 9.53.